The maximum absolute atomic E-state index is 5.36. The highest BCUT2D eigenvalue weighted by molar-refractivity contribution is 8.22. The minimum Gasteiger partial charge on any atom is -0.479 e. The smallest absolute Gasteiger partial charge is 0.220 e. The van der Waals surface area contributed by atoms with Crippen LogP contribution in [0.2, 0.25) is 0 Å². The maximum atomic E-state index is 5.36. The van der Waals surface area contributed by atoms with Crippen molar-refractivity contribution in [2.45, 2.75) is 25.8 Å². The highest BCUT2D eigenvalue weighted by atomic mass is 32.2. The molecule has 0 amide bonds. The minimum atomic E-state index is 0.290. The second kappa shape index (κ2) is 8.20. The summed E-state index contributed by atoms with van der Waals surface area (Å²) in [6.07, 6.45) is 5.69. The van der Waals surface area contributed by atoms with Crippen LogP contribution in [0.5, 0.6) is 0 Å². The van der Waals surface area contributed by atoms with Gasteiger partial charge in [-0.3, -0.25) is 0 Å². The summed E-state index contributed by atoms with van der Waals surface area (Å²) >= 11 is 6.81. The predicted octanol–water partition coefficient (Wildman–Crippen LogP) is 4.28. The Bertz CT molecular complexity index is 543. The highest BCUT2D eigenvalue weighted by Crippen LogP contribution is 2.31. The molecule has 5 heteroatoms. The molecule has 2 aromatic rings. The van der Waals surface area contributed by atoms with Crippen LogP contribution in [0.1, 0.15) is 31.4 Å². The Morgan fingerprint density at radius 3 is 2.76 bits per heavy atom. The van der Waals surface area contributed by atoms with Crippen molar-refractivity contribution in [3.05, 3.63) is 54.6 Å². The lowest BCUT2D eigenvalue weighted by Gasteiger charge is -2.25. The lowest BCUT2D eigenvalue weighted by molar-refractivity contribution is 0.346. The van der Waals surface area contributed by atoms with E-state index in [1.54, 1.807) is 11.8 Å². The summed E-state index contributed by atoms with van der Waals surface area (Å²) in [7, 11) is 0. The molecular formula is C16H20N2OS2. The molecule has 2 rings (SSSR count). The van der Waals surface area contributed by atoms with Crippen molar-refractivity contribution in [3.63, 3.8) is 0 Å². The van der Waals surface area contributed by atoms with Crippen LogP contribution in [0, 0.1) is 0 Å². The van der Waals surface area contributed by atoms with E-state index in [4.69, 9.17) is 17.0 Å². The first kappa shape index (κ1) is 16.0. The van der Waals surface area contributed by atoms with Crippen LogP contribution in [0.4, 0.5) is 0 Å². The summed E-state index contributed by atoms with van der Waals surface area (Å²) in [6.45, 7) is 4.81. The number of imidazole rings is 1. The van der Waals surface area contributed by atoms with Crippen molar-refractivity contribution in [2.24, 2.45) is 0 Å². The number of hydrogen-bond donors (Lipinski definition) is 0. The minimum absolute atomic E-state index is 0.290. The molecule has 3 nitrogen and oxygen atoms in total. The Morgan fingerprint density at radius 1 is 1.38 bits per heavy atom. The van der Waals surface area contributed by atoms with Crippen molar-refractivity contribution in [1.82, 2.24) is 9.55 Å². The van der Waals surface area contributed by atoms with Gasteiger partial charge in [-0.1, -0.05) is 49.0 Å². The molecule has 0 spiro atoms. The summed E-state index contributed by atoms with van der Waals surface area (Å²) in [5.41, 5.74) is 1.32. The monoisotopic (exact) mass is 320 g/mol. The van der Waals surface area contributed by atoms with Gasteiger partial charge in [0.2, 0.25) is 4.38 Å². The van der Waals surface area contributed by atoms with Gasteiger partial charge in [0.05, 0.1) is 19.0 Å². The number of rotatable bonds is 6. The Morgan fingerprint density at radius 2 is 2.14 bits per heavy atom. The van der Waals surface area contributed by atoms with Crippen LogP contribution in [-0.4, -0.2) is 26.3 Å². The van der Waals surface area contributed by atoms with E-state index in [1.165, 1.54) is 5.56 Å². The molecule has 0 fully saturated rings. The topological polar surface area (TPSA) is 27.1 Å². The Labute approximate surface area is 135 Å². The van der Waals surface area contributed by atoms with Crippen LogP contribution >= 0.6 is 24.0 Å². The summed E-state index contributed by atoms with van der Waals surface area (Å²) in [5.74, 6) is 1.24. The molecule has 0 aliphatic heterocycles. The molecule has 0 aliphatic rings. The van der Waals surface area contributed by atoms with Crippen LogP contribution in [0.3, 0.4) is 0 Å². The molecule has 2 unspecified atom stereocenters. The molecule has 1 heterocycles. The number of ether oxygens (including phenoxy) is 1. The van der Waals surface area contributed by atoms with Gasteiger partial charge >= 0.3 is 0 Å². The molecule has 0 N–H and O–H groups in total. The van der Waals surface area contributed by atoms with Gasteiger partial charge in [0.1, 0.15) is 0 Å². The van der Waals surface area contributed by atoms with E-state index in [9.17, 15) is 0 Å². The van der Waals surface area contributed by atoms with E-state index in [0.29, 0.717) is 22.9 Å². The van der Waals surface area contributed by atoms with Crippen molar-refractivity contribution in [1.29, 1.82) is 0 Å². The SMILES string of the molecule is CCOC(=S)SCC(C(C)c1ccccc1)n1ccnc1. The van der Waals surface area contributed by atoms with E-state index in [1.807, 2.05) is 31.7 Å². The molecule has 0 saturated carbocycles. The number of thiocarbonyl (C=S) groups is 1. The van der Waals surface area contributed by atoms with E-state index in [2.05, 4.69) is 40.7 Å². The van der Waals surface area contributed by atoms with Crippen LogP contribution in [-0.2, 0) is 4.74 Å². The first-order valence-electron chi connectivity index (χ1n) is 7.04. The molecule has 0 radical (unpaired) electrons. The third-order valence-corrected chi connectivity index (χ3v) is 4.78. The van der Waals surface area contributed by atoms with Crippen molar-refractivity contribution >= 4 is 28.4 Å². The fourth-order valence-corrected chi connectivity index (χ4v) is 3.54. The Hall–Kier alpha value is -1.33. The molecule has 21 heavy (non-hydrogen) atoms. The molecule has 1 aromatic carbocycles. The van der Waals surface area contributed by atoms with E-state index in [0.717, 1.165) is 5.75 Å². The predicted molar refractivity (Wildman–Crippen MR) is 92.8 cm³/mol. The molecular weight excluding hydrogens is 300 g/mol. The molecule has 2 atom stereocenters. The van der Waals surface area contributed by atoms with Gasteiger partial charge in [0.25, 0.3) is 0 Å². The van der Waals surface area contributed by atoms with Gasteiger partial charge in [0.15, 0.2) is 0 Å². The summed E-state index contributed by atoms with van der Waals surface area (Å²) in [6, 6.07) is 10.8. The lowest BCUT2D eigenvalue weighted by Crippen LogP contribution is -2.18. The molecule has 112 valence electrons. The number of nitrogens with zero attached hydrogens (tertiary/aromatic N) is 2. The summed E-state index contributed by atoms with van der Waals surface area (Å²) in [5, 5.41) is 0. The number of hydrogen-bond acceptors (Lipinski definition) is 4. The van der Waals surface area contributed by atoms with Crippen molar-refractivity contribution < 1.29 is 4.74 Å². The van der Waals surface area contributed by atoms with Gasteiger partial charge in [-0.2, -0.15) is 0 Å². The number of benzene rings is 1. The maximum Gasteiger partial charge on any atom is 0.220 e. The average molecular weight is 320 g/mol. The van der Waals surface area contributed by atoms with Gasteiger partial charge in [-0.25, -0.2) is 4.98 Å². The average Bonchev–Trinajstić information content (AvgIpc) is 3.02. The standard InChI is InChI=1S/C16H20N2OS2/c1-3-19-16(20)21-11-15(18-10-9-17-12-18)13(2)14-7-5-4-6-8-14/h4-10,12-13,15H,3,11H2,1-2H3. The zero-order chi connectivity index (χ0) is 15.1. The van der Waals surface area contributed by atoms with Crippen LogP contribution in [0.25, 0.3) is 0 Å². The zero-order valence-corrected chi connectivity index (χ0v) is 13.9. The van der Waals surface area contributed by atoms with Crippen molar-refractivity contribution in [3.8, 4) is 0 Å². The normalized spacial score (nSPS) is 13.6. The number of thioether (sulfide) groups is 1. The fourth-order valence-electron chi connectivity index (χ4n) is 2.25. The molecule has 0 bridgehead atoms. The summed E-state index contributed by atoms with van der Waals surface area (Å²) in [4.78, 5) is 4.17. The molecule has 0 saturated heterocycles. The fraction of sp³-hybridized carbons (Fsp3) is 0.375. The second-order valence-electron chi connectivity index (χ2n) is 4.77. The van der Waals surface area contributed by atoms with Crippen molar-refractivity contribution in [2.75, 3.05) is 12.4 Å². The van der Waals surface area contributed by atoms with Crippen LogP contribution in [0.15, 0.2) is 49.1 Å². The Balaban J connectivity index is 2.11. The third-order valence-electron chi connectivity index (χ3n) is 3.44. The lowest BCUT2D eigenvalue weighted by atomic mass is 9.94. The quantitative estimate of drug-likeness (QED) is 0.742. The van der Waals surface area contributed by atoms with E-state index in [-0.39, 0.29) is 0 Å². The van der Waals surface area contributed by atoms with Gasteiger partial charge in [-0.15, -0.1) is 0 Å². The zero-order valence-electron chi connectivity index (χ0n) is 12.3. The first-order chi connectivity index (χ1) is 10.2. The Kier molecular flexibility index (Phi) is 6.26. The van der Waals surface area contributed by atoms with E-state index >= 15 is 0 Å². The summed E-state index contributed by atoms with van der Waals surface area (Å²) < 4.78 is 8.13. The third kappa shape index (κ3) is 4.58. The van der Waals surface area contributed by atoms with Gasteiger partial charge in [-0.05, 0) is 24.7 Å². The van der Waals surface area contributed by atoms with Crippen LogP contribution < -0.4 is 0 Å². The largest absolute Gasteiger partial charge is 0.479 e. The highest BCUT2D eigenvalue weighted by Gasteiger charge is 2.21. The van der Waals surface area contributed by atoms with E-state index < -0.39 is 0 Å². The first-order valence-corrected chi connectivity index (χ1v) is 8.43. The molecule has 0 aliphatic carbocycles. The van der Waals surface area contributed by atoms with Gasteiger partial charge in [0, 0.05) is 24.1 Å². The second-order valence-corrected chi connectivity index (χ2v) is 6.39. The number of aromatic nitrogens is 2. The van der Waals surface area contributed by atoms with Gasteiger partial charge < -0.3 is 9.30 Å². The molecule has 1 aromatic heterocycles.